The van der Waals surface area contributed by atoms with Gasteiger partial charge < -0.3 is 15.2 Å². The van der Waals surface area contributed by atoms with Crippen LogP contribution in [0, 0.1) is 0 Å². The van der Waals surface area contributed by atoms with Crippen molar-refractivity contribution in [3.63, 3.8) is 0 Å². The lowest BCUT2D eigenvalue weighted by atomic mass is 10.2. The van der Waals surface area contributed by atoms with Crippen molar-refractivity contribution < 1.29 is 14.6 Å². The van der Waals surface area contributed by atoms with Crippen LogP contribution in [0.15, 0.2) is 11.0 Å². The summed E-state index contributed by atoms with van der Waals surface area (Å²) in [5.41, 5.74) is -0.265. The monoisotopic (exact) mass is 289 g/mol. The zero-order valence-corrected chi connectivity index (χ0v) is 11.5. The number of nitrogens with one attached hydrogen (secondary N) is 1. The van der Waals surface area contributed by atoms with Gasteiger partial charge in [-0.2, -0.15) is 5.10 Å². The van der Waals surface area contributed by atoms with Crippen molar-refractivity contribution in [3.05, 3.63) is 21.6 Å². The molecule has 7 nitrogen and oxygen atoms in total. The van der Waals surface area contributed by atoms with Gasteiger partial charge in [0.15, 0.2) is 0 Å². The number of aromatic nitrogens is 2. The van der Waals surface area contributed by atoms with E-state index in [-0.39, 0.29) is 24.2 Å². The van der Waals surface area contributed by atoms with Gasteiger partial charge in [0.05, 0.1) is 25.6 Å². The van der Waals surface area contributed by atoms with Gasteiger partial charge in [0, 0.05) is 6.04 Å². The van der Waals surface area contributed by atoms with E-state index in [9.17, 15) is 9.59 Å². The fraction of sp³-hybridized carbons (Fsp3) is 0.545. The van der Waals surface area contributed by atoms with Crippen LogP contribution in [0.25, 0.3) is 0 Å². The zero-order chi connectivity index (χ0) is 14.4. The number of methoxy groups -OCH3 is 1. The minimum absolute atomic E-state index is 0.0780. The maximum absolute atomic E-state index is 11.9. The van der Waals surface area contributed by atoms with E-state index in [0.29, 0.717) is 12.1 Å². The standard InChI is InChI=1S/C11H16ClN3O4/c1-3-7(6-16)14-8-4-13-15(5-9(17)19-2)11(18)10(8)12/h4,7,14,16H,3,5-6H2,1-2H3. The highest BCUT2D eigenvalue weighted by Crippen LogP contribution is 2.16. The first-order valence-corrected chi connectivity index (χ1v) is 6.11. The van der Waals surface area contributed by atoms with Gasteiger partial charge in [0.25, 0.3) is 5.56 Å². The summed E-state index contributed by atoms with van der Waals surface area (Å²) in [4.78, 5) is 22.9. The Kier molecular flexibility index (Phi) is 5.78. The molecule has 1 rings (SSSR count). The highest BCUT2D eigenvalue weighted by atomic mass is 35.5. The second-order valence-electron chi connectivity index (χ2n) is 3.84. The molecule has 0 aliphatic heterocycles. The van der Waals surface area contributed by atoms with E-state index in [1.165, 1.54) is 13.3 Å². The number of esters is 1. The average Bonchev–Trinajstić information content (AvgIpc) is 2.43. The fourth-order valence-electron chi connectivity index (χ4n) is 1.36. The van der Waals surface area contributed by atoms with E-state index >= 15 is 0 Å². The van der Waals surface area contributed by atoms with Crippen LogP contribution in [-0.2, 0) is 16.1 Å². The Balaban J connectivity index is 2.97. The van der Waals surface area contributed by atoms with Crippen molar-refractivity contribution in [1.82, 2.24) is 9.78 Å². The number of rotatable bonds is 6. The van der Waals surface area contributed by atoms with E-state index in [4.69, 9.17) is 16.7 Å². The summed E-state index contributed by atoms with van der Waals surface area (Å²) in [6.45, 7) is 1.50. The number of anilines is 1. The van der Waals surface area contributed by atoms with Crippen LogP contribution in [0.2, 0.25) is 5.02 Å². The molecule has 0 aliphatic rings. The van der Waals surface area contributed by atoms with Crippen molar-refractivity contribution >= 4 is 23.3 Å². The Morgan fingerprint density at radius 1 is 1.68 bits per heavy atom. The number of ether oxygens (including phenoxy) is 1. The molecule has 1 aromatic heterocycles. The molecule has 0 radical (unpaired) electrons. The Bertz CT molecular complexity index is 499. The van der Waals surface area contributed by atoms with Crippen LogP contribution in [0.5, 0.6) is 0 Å². The average molecular weight is 290 g/mol. The molecule has 1 atom stereocenters. The normalized spacial score (nSPS) is 12.0. The molecule has 0 aliphatic carbocycles. The zero-order valence-electron chi connectivity index (χ0n) is 10.7. The van der Waals surface area contributed by atoms with Crippen molar-refractivity contribution in [2.24, 2.45) is 0 Å². The Labute approximate surface area is 115 Å². The Morgan fingerprint density at radius 2 is 2.37 bits per heavy atom. The maximum Gasteiger partial charge on any atom is 0.327 e. The lowest BCUT2D eigenvalue weighted by Gasteiger charge is -2.16. The third-order valence-electron chi connectivity index (χ3n) is 2.56. The van der Waals surface area contributed by atoms with Gasteiger partial charge in [0.2, 0.25) is 0 Å². The molecule has 19 heavy (non-hydrogen) atoms. The minimum atomic E-state index is -0.593. The minimum Gasteiger partial charge on any atom is -0.468 e. The summed E-state index contributed by atoms with van der Waals surface area (Å²) in [6.07, 6.45) is 2.00. The first-order chi connectivity index (χ1) is 9.03. The lowest BCUT2D eigenvalue weighted by Crippen LogP contribution is -2.30. The number of hydrogen-bond donors (Lipinski definition) is 2. The molecular formula is C11H16ClN3O4. The Morgan fingerprint density at radius 3 is 2.89 bits per heavy atom. The Hall–Kier alpha value is -1.60. The van der Waals surface area contributed by atoms with Crippen LogP contribution >= 0.6 is 11.6 Å². The molecule has 0 bridgehead atoms. The summed E-state index contributed by atoms with van der Waals surface area (Å²) >= 11 is 5.91. The largest absolute Gasteiger partial charge is 0.468 e. The molecule has 106 valence electrons. The molecule has 2 N–H and O–H groups in total. The molecule has 1 unspecified atom stereocenters. The van der Waals surface area contributed by atoms with E-state index in [0.717, 1.165) is 4.68 Å². The molecule has 1 aromatic rings. The first-order valence-electron chi connectivity index (χ1n) is 5.73. The molecule has 0 amide bonds. The summed E-state index contributed by atoms with van der Waals surface area (Å²) in [6, 6.07) is -0.213. The highest BCUT2D eigenvalue weighted by molar-refractivity contribution is 6.32. The number of carbonyl (C=O) groups excluding carboxylic acids is 1. The topological polar surface area (TPSA) is 93.5 Å². The summed E-state index contributed by atoms with van der Waals surface area (Å²) in [5, 5.41) is 15.7. The fourth-order valence-corrected chi connectivity index (χ4v) is 1.56. The number of aliphatic hydroxyl groups is 1. The van der Waals surface area contributed by atoms with Crippen molar-refractivity contribution in [3.8, 4) is 0 Å². The summed E-state index contributed by atoms with van der Waals surface area (Å²) in [5.74, 6) is -0.590. The van der Waals surface area contributed by atoms with Gasteiger partial charge in [0.1, 0.15) is 11.6 Å². The maximum atomic E-state index is 11.9. The van der Waals surface area contributed by atoms with Gasteiger partial charge in [-0.1, -0.05) is 18.5 Å². The third-order valence-corrected chi connectivity index (χ3v) is 2.93. The SMILES string of the molecule is CCC(CO)Nc1cnn(CC(=O)OC)c(=O)c1Cl. The van der Waals surface area contributed by atoms with E-state index in [1.807, 2.05) is 6.92 Å². The predicted molar refractivity (Wildman–Crippen MR) is 70.3 cm³/mol. The third kappa shape index (κ3) is 3.93. The second kappa shape index (κ2) is 7.10. The van der Waals surface area contributed by atoms with Crippen LogP contribution < -0.4 is 10.9 Å². The number of hydrogen-bond acceptors (Lipinski definition) is 6. The summed E-state index contributed by atoms with van der Waals surface area (Å²) in [7, 11) is 1.22. The quantitative estimate of drug-likeness (QED) is 0.729. The van der Waals surface area contributed by atoms with Gasteiger partial charge in [-0.05, 0) is 6.42 Å². The molecule has 1 heterocycles. The number of halogens is 1. The van der Waals surface area contributed by atoms with Crippen LogP contribution in [0.4, 0.5) is 5.69 Å². The molecule has 0 saturated carbocycles. The lowest BCUT2D eigenvalue weighted by molar-refractivity contribution is -0.141. The van der Waals surface area contributed by atoms with Gasteiger partial charge in [-0.3, -0.25) is 9.59 Å². The molecule has 0 spiro atoms. The van der Waals surface area contributed by atoms with Gasteiger partial charge in [-0.15, -0.1) is 0 Å². The smallest absolute Gasteiger partial charge is 0.327 e. The van der Waals surface area contributed by atoms with Crippen LogP contribution in [0.1, 0.15) is 13.3 Å². The van der Waals surface area contributed by atoms with E-state index in [2.05, 4.69) is 15.2 Å². The molecule has 0 saturated heterocycles. The van der Waals surface area contributed by atoms with Crippen LogP contribution in [0.3, 0.4) is 0 Å². The first kappa shape index (κ1) is 15.5. The predicted octanol–water partition coefficient (Wildman–Crippen LogP) is 0.252. The van der Waals surface area contributed by atoms with Crippen molar-refractivity contribution in [2.45, 2.75) is 25.9 Å². The molecule has 0 aromatic carbocycles. The molecular weight excluding hydrogens is 274 g/mol. The molecule has 8 heteroatoms. The van der Waals surface area contributed by atoms with Gasteiger partial charge >= 0.3 is 5.97 Å². The van der Waals surface area contributed by atoms with Crippen LogP contribution in [-0.4, -0.2) is 40.6 Å². The second-order valence-corrected chi connectivity index (χ2v) is 4.22. The van der Waals surface area contributed by atoms with Crippen molar-refractivity contribution in [1.29, 1.82) is 0 Å². The number of nitrogens with zero attached hydrogens (tertiary/aromatic N) is 2. The van der Waals surface area contributed by atoms with Gasteiger partial charge in [-0.25, -0.2) is 4.68 Å². The van der Waals surface area contributed by atoms with Crippen molar-refractivity contribution in [2.75, 3.05) is 19.0 Å². The molecule has 0 fully saturated rings. The summed E-state index contributed by atoms with van der Waals surface area (Å²) < 4.78 is 5.36. The highest BCUT2D eigenvalue weighted by Gasteiger charge is 2.14. The number of carbonyl (C=O) groups is 1. The number of aliphatic hydroxyl groups excluding tert-OH is 1. The van der Waals surface area contributed by atoms with E-state index in [1.54, 1.807) is 0 Å². The van der Waals surface area contributed by atoms with E-state index < -0.39 is 11.5 Å².